The quantitative estimate of drug-likeness (QED) is 0.281. The number of rotatable bonds is 6. The lowest BCUT2D eigenvalue weighted by molar-refractivity contribution is 0.104. The van der Waals surface area contributed by atoms with Crippen molar-refractivity contribution < 1.29 is 24.6 Å². The monoisotopic (exact) mass is 466 g/mol. The average molecular weight is 467 g/mol. The van der Waals surface area contributed by atoms with Gasteiger partial charge in [0.1, 0.15) is 9.75 Å². The van der Waals surface area contributed by atoms with Crippen molar-refractivity contribution in [3.63, 3.8) is 0 Å². The number of hydrogen-bond donors (Lipinski definition) is 4. The summed E-state index contributed by atoms with van der Waals surface area (Å²) in [5.74, 6) is -0.436. The van der Waals surface area contributed by atoms with Gasteiger partial charge in [-0.05, 0) is 0 Å². The van der Waals surface area contributed by atoms with Crippen LogP contribution in [0.3, 0.4) is 0 Å². The summed E-state index contributed by atoms with van der Waals surface area (Å²) in [4.78, 5) is 44.9. The maximum Gasteiger partial charge on any atom is 0.410 e. The van der Waals surface area contributed by atoms with Gasteiger partial charge in [-0.2, -0.15) is 0 Å². The smallest absolute Gasteiger partial charge is 0.410 e. The van der Waals surface area contributed by atoms with Crippen molar-refractivity contribution >= 4 is 50.9 Å². The van der Waals surface area contributed by atoms with Gasteiger partial charge in [-0.15, -0.1) is 0 Å². The van der Waals surface area contributed by atoms with Crippen molar-refractivity contribution in [1.29, 1.82) is 0 Å². The summed E-state index contributed by atoms with van der Waals surface area (Å²) < 4.78 is 0. The molecule has 0 aliphatic carbocycles. The molecule has 4 aromatic rings. The van der Waals surface area contributed by atoms with E-state index in [0.717, 1.165) is 22.7 Å². The molecular weight excluding hydrogens is 452 g/mol. The number of anilines is 2. The highest BCUT2D eigenvalue weighted by atomic mass is 32.1. The molecule has 2 aromatic heterocycles. The molecule has 4 rings (SSSR count). The van der Waals surface area contributed by atoms with E-state index < -0.39 is 18.0 Å². The first-order valence-electron chi connectivity index (χ1n) is 9.09. The first kappa shape index (κ1) is 21.2. The minimum absolute atomic E-state index is 0.0503. The Labute approximate surface area is 189 Å². The van der Waals surface area contributed by atoms with Crippen LogP contribution in [0.15, 0.2) is 60.7 Å². The van der Waals surface area contributed by atoms with Crippen LogP contribution < -0.4 is 10.6 Å². The van der Waals surface area contributed by atoms with E-state index in [4.69, 9.17) is 10.2 Å². The second-order valence-corrected chi connectivity index (χ2v) is 8.31. The number of nitrogens with zero attached hydrogens (tertiary/aromatic N) is 2. The van der Waals surface area contributed by atoms with E-state index in [1.807, 2.05) is 12.1 Å². The van der Waals surface area contributed by atoms with Gasteiger partial charge in [0.2, 0.25) is 5.78 Å². The second kappa shape index (κ2) is 8.96. The number of aromatic nitrogens is 2. The van der Waals surface area contributed by atoms with Crippen LogP contribution in [-0.2, 0) is 0 Å². The molecule has 0 atom stereocenters. The molecule has 160 valence electrons. The zero-order chi connectivity index (χ0) is 22.7. The molecule has 0 bridgehead atoms. The van der Waals surface area contributed by atoms with E-state index in [0.29, 0.717) is 22.5 Å². The Bertz CT molecular complexity index is 1200. The topological polar surface area (TPSA) is 142 Å². The highest BCUT2D eigenvalue weighted by Crippen LogP contribution is 2.38. The van der Waals surface area contributed by atoms with E-state index >= 15 is 0 Å². The number of carbonyl (C=O) groups excluding carboxylic acids is 1. The molecule has 2 heterocycles. The number of amides is 2. The Balaban J connectivity index is 1.85. The Morgan fingerprint density at radius 1 is 0.656 bits per heavy atom. The summed E-state index contributed by atoms with van der Waals surface area (Å²) in [6.07, 6.45) is -2.60. The molecule has 2 amide bonds. The van der Waals surface area contributed by atoms with E-state index in [-0.39, 0.29) is 20.0 Å². The van der Waals surface area contributed by atoms with Crippen molar-refractivity contribution in [2.45, 2.75) is 0 Å². The van der Waals surface area contributed by atoms with Crippen LogP contribution >= 0.6 is 22.7 Å². The maximum absolute atomic E-state index is 13.6. The molecule has 0 fully saturated rings. The van der Waals surface area contributed by atoms with Crippen LogP contribution in [0, 0.1) is 0 Å². The molecule has 0 spiro atoms. The zero-order valence-corrected chi connectivity index (χ0v) is 17.7. The number of thiazole rings is 2. The number of carbonyl (C=O) groups is 3. The number of ketones is 1. The highest BCUT2D eigenvalue weighted by Gasteiger charge is 2.27. The van der Waals surface area contributed by atoms with Crippen LogP contribution in [0.2, 0.25) is 0 Å². The van der Waals surface area contributed by atoms with Crippen LogP contribution in [-0.4, -0.2) is 38.2 Å². The summed E-state index contributed by atoms with van der Waals surface area (Å²) in [6.45, 7) is 0. The minimum Gasteiger partial charge on any atom is -0.465 e. The summed E-state index contributed by atoms with van der Waals surface area (Å²) in [5, 5.41) is 22.6. The lowest BCUT2D eigenvalue weighted by Gasteiger charge is -2.03. The Kier molecular flexibility index (Phi) is 5.92. The summed E-state index contributed by atoms with van der Waals surface area (Å²) in [6, 6.07) is 17.8. The standard InChI is InChI=1S/C21H14N4O5S2/c26-15(16-13(11-7-3-1-4-8-11)22-18(31-16)24-20(27)28)17-14(12-9-5-2-6-10-12)23-19(32-17)25-21(29)30/h1-10H,(H,22,24)(H,23,25)(H,27,28)(H,29,30). The van der Waals surface area contributed by atoms with Crippen molar-refractivity contribution in [3.05, 3.63) is 70.4 Å². The van der Waals surface area contributed by atoms with Crippen molar-refractivity contribution in [2.75, 3.05) is 10.6 Å². The van der Waals surface area contributed by atoms with Gasteiger partial charge in [0.25, 0.3) is 0 Å². The van der Waals surface area contributed by atoms with Crippen LogP contribution in [0.5, 0.6) is 0 Å². The summed E-state index contributed by atoms with van der Waals surface area (Å²) >= 11 is 1.80. The SMILES string of the molecule is O=C(O)Nc1nc(-c2ccccc2)c(C(=O)c2sc(NC(=O)O)nc2-c2ccccc2)s1. The predicted octanol–water partition coefficient (Wildman–Crippen LogP) is 5.34. The number of nitrogens with one attached hydrogen (secondary N) is 2. The van der Waals surface area contributed by atoms with Gasteiger partial charge in [-0.25, -0.2) is 19.6 Å². The number of carboxylic acid groups (broad SMARTS) is 2. The van der Waals surface area contributed by atoms with Crippen molar-refractivity contribution in [2.24, 2.45) is 0 Å². The second-order valence-electron chi connectivity index (χ2n) is 6.31. The third kappa shape index (κ3) is 4.48. The zero-order valence-electron chi connectivity index (χ0n) is 16.1. The molecule has 0 saturated heterocycles. The van der Waals surface area contributed by atoms with E-state index in [9.17, 15) is 14.4 Å². The first-order chi connectivity index (χ1) is 15.4. The highest BCUT2D eigenvalue weighted by molar-refractivity contribution is 7.21. The fraction of sp³-hybridized carbons (Fsp3) is 0. The average Bonchev–Trinajstić information content (AvgIpc) is 3.38. The number of hydrogen-bond acceptors (Lipinski definition) is 7. The van der Waals surface area contributed by atoms with Crippen molar-refractivity contribution in [1.82, 2.24) is 9.97 Å². The molecule has 2 aromatic carbocycles. The fourth-order valence-electron chi connectivity index (χ4n) is 2.92. The molecule has 0 unspecified atom stereocenters. The van der Waals surface area contributed by atoms with Gasteiger partial charge in [-0.1, -0.05) is 83.3 Å². The molecule has 4 N–H and O–H groups in total. The van der Waals surface area contributed by atoms with Crippen LogP contribution in [0.25, 0.3) is 22.5 Å². The number of benzene rings is 2. The fourth-order valence-corrected chi connectivity index (χ4v) is 4.84. The lowest BCUT2D eigenvalue weighted by Crippen LogP contribution is -2.06. The van der Waals surface area contributed by atoms with Crippen LogP contribution in [0.4, 0.5) is 19.9 Å². The molecule has 0 aliphatic rings. The molecular formula is C21H14N4O5S2. The minimum atomic E-state index is -1.30. The van der Waals surface area contributed by atoms with E-state index in [1.54, 1.807) is 48.5 Å². The van der Waals surface area contributed by atoms with Gasteiger partial charge in [0.05, 0.1) is 11.4 Å². The summed E-state index contributed by atoms with van der Waals surface area (Å²) in [5.41, 5.74) is 1.93. The lowest BCUT2D eigenvalue weighted by atomic mass is 10.1. The normalized spacial score (nSPS) is 10.5. The van der Waals surface area contributed by atoms with Gasteiger partial charge in [-0.3, -0.25) is 15.4 Å². The van der Waals surface area contributed by atoms with Crippen molar-refractivity contribution in [3.8, 4) is 22.5 Å². The Morgan fingerprint density at radius 2 is 1.03 bits per heavy atom. The third-order valence-corrected chi connectivity index (χ3v) is 6.13. The van der Waals surface area contributed by atoms with E-state index in [2.05, 4.69) is 20.6 Å². The maximum atomic E-state index is 13.6. The van der Waals surface area contributed by atoms with Gasteiger partial charge < -0.3 is 10.2 Å². The van der Waals surface area contributed by atoms with E-state index in [1.165, 1.54) is 0 Å². The van der Waals surface area contributed by atoms with Gasteiger partial charge in [0.15, 0.2) is 10.3 Å². The Hall–Kier alpha value is -4.09. The Morgan fingerprint density at radius 3 is 1.38 bits per heavy atom. The predicted molar refractivity (Wildman–Crippen MR) is 122 cm³/mol. The first-order valence-corrected chi connectivity index (χ1v) is 10.7. The molecule has 32 heavy (non-hydrogen) atoms. The summed E-state index contributed by atoms with van der Waals surface area (Å²) in [7, 11) is 0. The molecule has 11 heteroatoms. The van der Waals surface area contributed by atoms with Gasteiger partial charge >= 0.3 is 12.2 Å². The molecule has 0 saturated carbocycles. The molecule has 0 aliphatic heterocycles. The molecule has 9 nitrogen and oxygen atoms in total. The van der Waals surface area contributed by atoms with Crippen LogP contribution in [0.1, 0.15) is 14.5 Å². The largest absolute Gasteiger partial charge is 0.465 e. The molecule has 0 radical (unpaired) electrons. The third-order valence-electron chi connectivity index (χ3n) is 4.19. The van der Waals surface area contributed by atoms with Gasteiger partial charge in [0, 0.05) is 11.1 Å².